The Kier molecular flexibility index (Phi) is 8.02. The minimum atomic E-state index is 0.274. The molecule has 0 heterocycles. The second-order valence-corrected chi connectivity index (χ2v) is 4.40. The smallest absolute Gasteiger partial charge is 0.161 e. The molecule has 0 fully saturated rings. The summed E-state index contributed by atoms with van der Waals surface area (Å²) in [7, 11) is 0. The second kappa shape index (κ2) is 9.64. The first-order valence-corrected chi connectivity index (χ1v) is 7.01. The molecule has 0 saturated heterocycles. The molecule has 4 nitrogen and oxygen atoms in total. The van der Waals surface area contributed by atoms with Gasteiger partial charge in [0.05, 0.1) is 13.2 Å². The lowest BCUT2D eigenvalue weighted by Gasteiger charge is -2.13. The van der Waals surface area contributed by atoms with Gasteiger partial charge in [0.1, 0.15) is 0 Å². The molecule has 0 radical (unpaired) electrons. The Balaban J connectivity index is 2.43. The van der Waals surface area contributed by atoms with Crippen molar-refractivity contribution in [3.05, 3.63) is 23.8 Å². The molecule has 0 spiro atoms. The molecular formula is C15H25NO3. The van der Waals surface area contributed by atoms with Crippen molar-refractivity contribution < 1.29 is 14.6 Å². The van der Waals surface area contributed by atoms with Crippen molar-refractivity contribution in [2.75, 3.05) is 19.8 Å². The zero-order valence-corrected chi connectivity index (χ0v) is 11.7. The SMILES string of the molecule is CCOc1cc(CN)ccc1OCCCCCCO. The predicted octanol–water partition coefficient (Wildman–Crippen LogP) is 2.48. The molecule has 1 aromatic rings. The summed E-state index contributed by atoms with van der Waals surface area (Å²) < 4.78 is 11.3. The van der Waals surface area contributed by atoms with Crippen molar-refractivity contribution >= 4 is 0 Å². The van der Waals surface area contributed by atoms with Gasteiger partial charge in [-0.05, 0) is 43.9 Å². The monoisotopic (exact) mass is 267 g/mol. The van der Waals surface area contributed by atoms with E-state index in [1.807, 2.05) is 25.1 Å². The third-order valence-corrected chi connectivity index (χ3v) is 2.85. The molecule has 0 saturated carbocycles. The molecule has 108 valence electrons. The molecule has 0 aliphatic carbocycles. The van der Waals surface area contributed by atoms with Crippen LogP contribution in [0, 0.1) is 0 Å². The lowest BCUT2D eigenvalue weighted by molar-refractivity contribution is 0.262. The summed E-state index contributed by atoms with van der Waals surface area (Å²) in [6.45, 7) is 4.01. The highest BCUT2D eigenvalue weighted by molar-refractivity contribution is 5.43. The fraction of sp³-hybridized carbons (Fsp3) is 0.600. The topological polar surface area (TPSA) is 64.7 Å². The number of hydrogen-bond acceptors (Lipinski definition) is 4. The summed E-state index contributed by atoms with van der Waals surface area (Å²) in [6.07, 6.45) is 3.98. The van der Waals surface area contributed by atoms with E-state index in [4.69, 9.17) is 20.3 Å². The van der Waals surface area contributed by atoms with Crippen LogP contribution in [0.25, 0.3) is 0 Å². The number of aliphatic hydroxyl groups excluding tert-OH is 1. The molecule has 4 heteroatoms. The Labute approximate surface area is 115 Å². The third-order valence-electron chi connectivity index (χ3n) is 2.85. The van der Waals surface area contributed by atoms with Gasteiger partial charge < -0.3 is 20.3 Å². The Morgan fingerprint density at radius 1 is 1.05 bits per heavy atom. The molecule has 0 amide bonds. The number of nitrogens with two attached hydrogens (primary N) is 1. The van der Waals surface area contributed by atoms with Crippen LogP contribution < -0.4 is 15.2 Å². The number of benzene rings is 1. The summed E-state index contributed by atoms with van der Waals surface area (Å²) in [5.74, 6) is 1.54. The molecule has 0 aliphatic heterocycles. The highest BCUT2D eigenvalue weighted by Crippen LogP contribution is 2.28. The normalized spacial score (nSPS) is 10.5. The first-order chi connectivity index (χ1) is 9.31. The number of ether oxygens (including phenoxy) is 2. The van der Waals surface area contributed by atoms with Crippen molar-refractivity contribution in [3.63, 3.8) is 0 Å². The first kappa shape index (κ1) is 15.8. The van der Waals surface area contributed by atoms with E-state index < -0.39 is 0 Å². The summed E-state index contributed by atoms with van der Waals surface area (Å²) in [5, 5.41) is 8.69. The van der Waals surface area contributed by atoms with Gasteiger partial charge in [-0.25, -0.2) is 0 Å². The Hall–Kier alpha value is -1.26. The van der Waals surface area contributed by atoms with Gasteiger partial charge in [0.2, 0.25) is 0 Å². The Morgan fingerprint density at radius 2 is 1.84 bits per heavy atom. The van der Waals surface area contributed by atoms with Crippen LogP contribution in [0.5, 0.6) is 11.5 Å². The van der Waals surface area contributed by atoms with E-state index in [-0.39, 0.29) is 6.61 Å². The van der Waals surface area contributed by atoms with E-state index in [1.54, 1.807) is 0 Å². The van der Waals surface area contributed by atoms with Gasteiger partial charge in [0, 0.05) is 13.2 Å². The van der Waals surface area contributed by atoms with E-state index in [0.29, 0.717) is 19.8 Å². The Bertz CT molecular complexity index is 355. The minimum Gasteiger partial charge on any atom is -0.490 e. The average Bonchev–Trinajstić information content (AvgIpc) is 2.44. The summed E-state index contributed by atoms with van der Waals surface area (Å²) in [4.78, 5) is 0. The predicted molar refractivity (Wildman–Crippen MR) is 76.6 cm³/mol. The van der Waals surface area contributed by atoms with Crippen molar-refractivity contribution in [1.29, 1.82) is 0 Å². The van der Waals surface area contributed by atoms with Crippen LogP contribution in [-0.4, -0.2) is 24.9 Å². The third kappa shape index (κ3) is 5.94. The molecule has 0 unspecified atom stereocenters. The molecule has 0 bridgehead atoms. The van der Waals surface area contributed by atoms with Gasteiger partial charge >= 0.3 is 0 Å². The van der Waals surface area contributed by atoms with Crippen LogP contribution in [0.15, 0.2) is 18.2 Å². The van der Waals surface area contributed by atoms with Gasteiger partial charge in [-0.2, -0.15) is 0 Å². The van der Waals surface area contributed by atoms with E-state index >= 15 is 0 Å². The standard InChI is InChI=1S/C15H25NO3/c1-2-18-15-11-13(12-16)7-8-14(15)19-10-6-4-3-5-9-17/h7-8,11,17H,2-6,9-10,12,16H2,1H3. The zero-order valence-electron chi connectivity index (χ0n) is 11.7. The first-order valence-electron chi connectivity index (χ1n) is 7.01. The fourth-order valence-corrected chi connectivity index (χ4v) is 1.82. The van der Waals surface area contributed by atoms with Crippen LogP contribution in [0.4, 0.5) is 0 Å². The number of rotatable bonds is 10. The Morgan fingerprint density at radius 3 is 2.53 bits per heavy atom. The van der Waals surface area contributed by atoms with Crippen LogP contribution in [0.3, 0.4) is 0 Å². The highest BCUT2D eigenvalue weighted by atomic mass is 16.5. The van der Waals surface area contributed by atoms with Gasteiger partial charge in [0.25, 0.3) is 0 Å². The van der Waals surface area contributed by atoms with Crippen LogP contribution >= 0.6 is 0 Å². The number of aliphatic hydroxyl groups is 1. The maximum Gasteiger partial charge on any atom is 0.161 e. The van der Waals surface area contributed by atoms with Crippen molar-refractivity contribution in [3.8, 4) is 11.5 Å². The molecule has 3 N–H and O–H groups in total. The second-order valence-electron chi connectivity index (χ2n) is 4.40. The molecular weight excluding hydrogens is 242 g/mol. The molecule has 1 aromatic carbocycles. The van der Waals surface area contributed by atoms with Gasteiger partial charge in [0.15, 0.2) is 11.5 Å². The zero-order chi connectivity index (χ0) is 13.9. The fourth-order valence-electron chi connectivity index (χ4n) is 1.82. The summed E-state index contributed by atoms with van der Waals surface area (Å²) in [6, 6.07) is 5.81. The molecule has 1 rings (SSSR count). The molecule has 0 atom stereocenters. The number of hydrogen-bond donors (Lipinski definition) is 2. The quantitative estimate of drug-likeness (QED) is 0.639. The van der Waals surface area contributed by atoms with Crippen molar-refractivity contribution in [2.45, 2.75) is 39.2 Å². The van der Waals surface area contributed by atoms with Crippen molar-refractivity contribution in [2.24, 2.45) is 5.73 Å². The minimum absolute atomic E-state index is 0.274. The molecule has 0 aromatic heterocycles. The van der Waals surface area contributed by atoms with Gasteiger partial charge in [-0.15, -0.1) is 0 Å². The summed E-state index contributed by atoms with van der Waals surface area (Å²) >= 11 is 0. The average molecular weight is 267 g/mol. The van der Waals surface area contributed by atoms with E-state index in [0.717, 1.165) is 42.7 Å². The van der Waals surface area contributed by atoms with Crippen LogP contribution in [0.1, 0.15) is 38.2 Å². The molecule has 19 heavy (non-hydrogen) atoms. The van der Waals surface area contributed by atoms with Gasteiger partial charge in [-0.3, -0.25) is 0 Å². The maximum atomic E-state index is 8.69. The lowest BCUT2D eigenvalue weighted by atomic mass is 10.2. The highest BCUT2D eigenvalue weighted by Gasteiger charge is 2.05. The van der Waals surface area contributed by atoms with Gasteiger partial charge in [-0.1, -0.05) is 12.5 Å². The molecule has 0 aliphatic rings. The summed E-state index contributed by atoms with van der Waals surface area (Å²) in [5.41, 5.74) is 6.66. The van der Waals surface area contributed by atoms with E-state index in [2.05, 4.69) is 0 Å². The van der Waals surface area contributed by atoms with Crippen LogP contribution in [0.2, 0.25) is 0 Å². The lowest BCUT2D eigenvalue weighted by Crippen LogP contribution is -2.03. The number of unbranched alkanes of at least 4 members (excludes halogenated alkanes) is 3. The van der Waals surface area contributed by atoms with Crippen molar-refractivity contribution in [1.82, 2.24) is 0 Å². The largest absolute Gasteiger partial charge is 0.490 e. The van der Waals surface area contributed by atoms with Crippen LogP contribution in [-0.2, 0) is 6.54 Å². The maximum absolute atomic E-state index is 8.69. The van der Waals surface area contributed by atoms with E-state index in [9.17, 15) is 0 Å². The van der Waals surface area contributed by atoms with E-state index in [1.165, 1.54) is 0 Å².